The third kappa shape index (κ3) is 4.74. The zero-order valence-corrected chi connectivity index (χ0v) is 18.8. The van der Waals surface area contributed by atoms with Gasteiger partial charge in [0.15, 0.2) is 5.82 Å². The van der Waals surface area contributed by atoms with Gasteiger partial charge in [-0.1, -0.05) is 18.6 Å². The van der Waals surface area contributed by atoms with Crippen molar-refractivity contribution in [3.8, 4) is 11.5 Å². The van der Waals surface area contributed by atoms with Crippen LogP contribution in [0.5, 0.6) is 0 Å². The number of aryl methyl sites for hydroxylation is 2. The van der Waals surface area contributed by atoms with E-state index in [2.05, 4.69) is 36.2 Å². The quantitative estimate of drug-likeness (QED) is 0.582. The van der Waals surface area contributed by atoms with Crippen molar-refractivity contribution in [2.75, 3.05) is 19.6 Å². The van der Waals surface area contributed by atoms with Gasteiger partial charge in [-0.05, 0) is 76.4 Å². The predicted octanol–water partition coefficient (Wildman–Crippen LogP) is 4.27. The second-order valence-electron chi connectivity index (χ2n) is 8.62. The van der Waals surface area contributed by atoms with Crippen molar-refractivity contribution in [3.05, 3.63) is 65.6 Å². The average Bonchev–Trinajstić information content (AvgIpc) is 3.40. The summed E-state index contributed by atoms with van der Waals surface area (Å²) < 4.78 is 3.83. The number of carbonyl (C=O) groups excluding carboxylic acids is 1. The summed E-state index contributed by atoms with van der Waals surface area (Å²) in [6.07, 6.45) is 8.77. The molecular weight excluding hydrogens is 386 g/mol. The van der Waals surface area contributed by atoms with E-state index in [0.29, 0.717) is 18.2 Å². The van der Waals surface area contributed by atoms with Crippen LogP contribution < -0.4 is 5.32 Å². The van der Waals surface area contributed by atoms with Gasteiger partial charge >= 0.3 is 0 Å². The van der Waals surface area contributed by atoms with Crippen LogP contribution in [0.3, 0.4) is 0 Å². The van der Waals surface area contributed by atoms with Crippen LogP contribution in [0.1, 0.15) is 54.2 Å². The largest absolute Gasteiger partial charge is 0.352 e. The Morgan fingerprint density at radius 3 is 2.71 bits per heavy atom. The molecule has 0 saturated carbocycles. The molecule has 31 heavy (non-hydrogen) atoms. The van der Waals surface area contributed by atoms with Crippen LogP contribution in [0.4, 0.5) is 0 Å². The Hall–Kier alpha value is -2.86. The predicted molar refractivity (Wildman–Crippen MR) is 124 cm³/mol. The van der Waals surface area contributed by atoms with Crippen molar-refractivity contribution in [1.82, 2.24) is 24.6 Å². The maximum absolute atomic E-state index is 13.2. The monoisotopic (exact) mass is 419 g/mol. The van der Waals surface area contributed by atoms with E-state index in [-0.39, 0.29) is 5.91 Å². The van der Waals surface area contributed by atoms with E-state index in [1.54, 1.807) is 0 Å². The molecule has 1 N–H and O–H groups in total. The van der Waals surface area contributed by atoms with Gasteiger partial charge < -0.3 is 14.8 Å². The van der Waals surface area contributed by atoms with E-state index in [1.807, 2.05) is 52.8 Å². The molecule has 3 heterocycles. The van der Waals surface area contributed by atoms with Gasteiger partial charge in [0.2, 0.25) is 0 Å². The summed E-state index contributed by atoms with van der Waals surface area (Å²) in [5.41, 5.74) is 3.46. The highest BCUT2D eigenvalue weighted by Gasteiger charge is 2.24. The van der Waals surface area contributed by atoms with Crippen molar-refractivity contribution >= 4 is 5.91 Å². The zero-order valence-electron chi connectivity index (χ0n) is 18.8. The number of benzene rings is 1. The Bertz CT molecular complexity index is 1020. The van der Waals surface area contributed by atoms with Crippen LogP contribution in [0.25, 0.3) is 11.5 Å². The Morgan fingerprint density at radius 1 is 1.16 bits per heavy atom. The molecule has 164 valence electrons. The molecule has 6 heteroatoms. The van der Waals surface area contributed by atoms with Gasteiger partial charge in [-0.2, -0.15) is 5.10 Å². The molecule has 2 aromatic heterocycles. The Morgan fingerprint density at radius 2 is 1.97 bits per heavy atom. The third-order valence-corrected chi connectivity index (χ3v) is 6.21. The first-order valence-electron chi connectivity index (χ1n) is 11.4. The van der Waals surface area contributed by atoms with Crippen LogP contribution in [-0.4, -0.2) is 50.8 Å². The number of likely N-dealkylation sites (tertiary alicyclic amines) is 1. The summed E-state index contributed by atoms with van der Waals surface area (Å²) in [7, 11) is 0. The lowest BCUT2D eigenvalue weighted by molar-refractivity contribution is 0.0948. The molecule has 1 aromatic carbocycles. The molecule has 3 aromatic rings. The van der Waals surface area contributed by atoms with Gasteiger partial charge in [0.1, 0.15) is 5.56 Å². The molecule has 0 bridgehead atoms. The molecule has 1 aliphatic rings. The van der Waals surface area contributed by atoms with Crippen molar-refractivity contribution in [3.63, 3.8) is 0 Å². The summed E-state index contributed by atoms with van der Waals surface area (Å²) >= 11 is 0. The van der Waals surface area contributed by atoms with Crippen LogP contribution in [0, 0.1) is 13.8 Å². The van der Waals surface area contributed by atoms with Crippen molar-refractivity contribution in [2.24, 2.45) is 0 Å². The lowest BCUT2D eigenvalue weighted by Gasteiger charge is -2.33. The number of hydrogen-bond donors (Lipinski definition) is 1. The summed E-state index contributed by atoms with van der Waals surface area (Å²) in [6.45, 7) is 9.16. The normalized spacial score (nSPS) is 17.1. The highest BCUT2D eigenvalue weighted by Crippen LogP contribution is 2.23. The minimum atomic E-state index is -0.0632. The van der Waals surface area contributed by atoms with Gasteiger partial charge in [-0.15, -0.1) is 0 Å². The lowest BCUT2D eigenvalue weighted by atomic mass is 10.0. The smallest absolute Gasteiger partial charge is 0.256 e. The fraction of sp³-hybridized carbons (Fsp3) is 0.440. The van der Waals surface area contributed by atoms with Crippen LogP contribution in [-0.2, 0) is 0 Å². The van der Waals surface area contributed by atoms with Crippen LogP contribution in [0.15, 0.2) is 48.8 Å². The minimum Gasteiger partial charge on any atom is -0.352 e. The van der Waals surface area contributed by atoms with E-state index >= 15 is 0 Å². The second-order valence-corrected chi connectivity index (χ2v) is 8.62. The molecule has 0 unspecified atom stereocenters. The first-order chi connectivity index (χ1) is 15.0. The number of nitrogens with zero attached hydrogens (tertiary/aromatic N) is 4. The molecule has 0 radical (unpaired) electrons. The second kappa shape index (κ2) is 9.52. The van der Waals surface area contributed by atoms with Crippen molar-refractivity contribution in [1.29, 1.82) is 0 Å². The molecule has 6 nitrogen and oxygen atoms in total. The number of rotatable bonds is 7. The number of hydrogen-bond acceptors (Lipinski definition) is 3. The maximum atomic E-state index is 13.2. The molecule has 1 saturated heterocycles. The molecule has 0 spiro atoms. The lowest BCUT2D eigenvalue weighted by Crippen LogP contribution is -2.39. The Kier molecular flexibility index (Phi) is 6.56. The average molecular weight is 420 g/mol. The third-order valence-electron chi connectivity index (χ3n) is 6.21. The number of carbonyl (C=O) groups is 1. The fourth-order valence-electron chi connectivity index (χ4n) is 4.50. The molecular formula is C25H33N5O. The molecule has 1 fully saturated rings. The first-order valence-corrected chi connectivity index (χ1v) is 11.4. The van der Waals surface area contributed by atoms with Gasteiger partial charge in [0.25, 0.3) is 5.91 Å². The first kappa shape index (κ1) is 21.4. The highest BCUT2D eigenvalue weighted by atomic mass is 16.1. The number of piperidine rings is 1. The van der Waals surface area contributed by atoms with E-state index < -0.39 is 0 Å². The van der Waals surface area contributed by atoms with Gasteiger partial charge in [-0.3, -0.25) is 4.79 Å². The maximum Gasteiger partial charge on any atom is 0.256 e. The zero-order chi connectivity index (χ0) is 21.8. The number of amides is 1. The van der Waals surface area contributed by atoms with Gasteiger partial charge in [0, 0.05) is 31.5 Å². The highest BCUT2D eigenvalue weighted by molar-refractivity contribution is 5.98. The van der Waals surface area contributed by atoms with Crippen LogP contribution in [0.2, 0.25) is 0 Å². The van der Waals surface area contributed by atoms with E-state index in [9.17, 15) is 4.79 Å². The molecule has 4 rings (SSSR count). The fourth-order valence-corrected chi connectivity index (χ4v) is 4.50. The molecule has 0 aliphatic carbocycles. The molecule has 1 atom stereocenters. The molecule has 1 amide bonds. The van der Waals surface area contributed by atoms with Gasteiger partial charge in [-0.25, -0.2) is 4.68 Å². The van der Waals surface area contributed by atoms with E-state index in [0.717, 1.165) is 35.7 Å². The van der Waals surface area contributed by atoms with E-state index in [1.165, 1.54) is 25.8 Å². The Balaban J connectivity index is 1.53. The summed E-state index contributed by atoms with van der Waals surface area (Å²) in [4.78, 5) is 15.8. The van der Waals surface area contributed by atoms with Crippen molar-refractivity contribution < 1.29 is 4.79 Å². The van der Waals surface area contributed by atoms with E-state index in [4.69, 9.17) is 5.10 Å². The number of nitrogens with one attached hydrogen (secondary N) is 1. The minimum absolute atomic E-state index is 0.0632. The number of aromatic nitrogens is 3. The standard InChI is InChI=1S/C25H33N5O/c1-19-10-8-12-22(18-19)30-25(29-15-6-7-16-29)23(21(3)27-30)24(31)26-13-9-17-28-14-5-4-11-20(28)2/h6-8,10,12,15-16,18,20H,4-5,9,11,13-14,17H2,1-3H3,(H,26,31)/t20-/m0/s1. The summed E-state index contributed by atoms with van der Waals surface area (Å²) in [6, 6.07) is 12.8. The summed E-state index contributed by atoms with van der Waals surface area (Å²) in [5.74, 6) is 0.710. The molecule has 1 aliphatic heterocycles. The topological polar surface area (TPSA) is 55.1 Å². The van der Waals surface area contributed by atoms with Crippen LogP contribution >= 0.6 is 0 Å². The SMILES string of the molecule is Cc1cccc(-n2nc(C)c(C(=O)NCCCN3CCCC[C@@H]3C)c2-n2cccc2)c1. The van der Waals surface area contributed by atoms with Crippen molar-refractivity contribution in [2.45, 2.75) is 52.5 Å². The Labute approximate surface area is 184 Å². The van der Waals surface area contributed by atoms with Gasteiger partial charge in [0.05, 0.1) is 11.4 Å². The summed E-state index contributed by atoms with van der Waals surface area (Å²) in [5, 5.41) is 7.88.